The Kier molecular flexibility index (Phi) is 5.15. The third-order valence-corrected chi connectivity index (χ3v) is 3.34. The molecule has 1 fully saturated rings. The average Bonchev–Trinajstić information content (AvgIpc) is 2.92. The molecule has 1 saturated carbocycles. The fraction of sp³-hybridized carbons (Fsp3) is 0.571. The highest BCUT2D eigenvalue weighted by Gasteiger charge is 2.16. The second-order valence-electron chi connectivity index (χ2n) is 4.86. The molecule has 0 aliphatic heterocycles. The zero-order valence-electron chi connectivity index (χ0n) is 11.3. The van der Waals surface area contributed by atoms with E-state index in [1.807, 2.05) is 12.1 Å². The van der Waals surface area contributed by atoms with Crippen LogP contribution in [0.4, 0.5) is 0 Å². The van der Waals surface area contributed by atoms with E-state index in [0.717, 1.165) is 18.4 Å². The minimum absolute atomic E-state index is 0.0772. The molecule has 0 bridgehead atoms. The molecule has 0 aromatic carbocycles. The molecule has 2 N–H and O–H groups in total. The quantitative estimate of drug-likeness (QED) is 0.810. The number of nitrogens with one attached hydrogen (secondary N) is 2. The van der Waals surface area contributed by atoms with Crippen molar-refractivity contribution in [3.05, 3.63) is 23.9 Å². The van der Waals surface area contributed by atoms with E-state index in [1.165, 1.54) is 12.8 Å². The van der Waals surface area contributed by atoms with Crippen molar-refractivity contribution in [2.75, 3.05) is 13.7 Å². The van der Waals surface area contributed by atoms with Crippen molar-refractivity contribution in [1.82, 2.24) is 15.6 Å². The van der Waals surface area contributed by atoms with Gasteiger partial charge in [-0.1, -0.05) is 18.9 Å². The first-order valence-corrected chi connectivity index (χ1v) is 6.77. The Hall–Kier alpha value is -1.62. The molecule has 1 aliphatic rings. The van der Waals surface area contributed by atoms with E-state index < -0.39 is 0 Å². The van der Waals surface area contributed by atoms with Gasteiger partial charge < -0.3 is 15.4 Å². The SMILES string of the molecule is COc1ccc(CNCC(=O)NC2CCCC2)cn1. The predicted molar refractivity (Wildman–Crippen MR) is 72.9 cm³/mol. The van der Waals surface area contributed by atoms with E-state index in [-0.39, 0.29) is 5.91 Å². The lowest BCUT2D eigenvalue weighted by Crippen LogP contribution is -2.38. The van der Waals surface area contributed by atoms with Gasteiger partial charge in [0.05, 0.1) is 13.7 Å². The largest absolute Gasteiger partial charge is 0.481 e. The van der Waals surface area contributed by atoms with E-state index in [9.17, 15) is 4.79 Å². The molecule has 1 aromatic heterocycles. The summed E-state index contributed by atoms with van der Waals surface area (Å²) in [6, 6.07) is 4.14. The van der Waals surface area contributed by atoms with Crippen molar-refractivity contribution in [2.45, 2.75) is 38.3 Å². The van der Waals surface area contributed by atoms with E-state index in [2.05, 4.69) is 15.6 Å². The van der Waals surface area contributed by atoms with Gasteiger partial charge in [-0.05, 0) is 18.4 Å². The number of aromatic nitrogens is 1. The summed E-state index contributed by atoms with van der Waals surface area (Å²) in [5.74, 6) is 0.677. The number of nitrogens with zero attached hydrogens (tertiary/aromatic N) is 1. The van der Waals surface area contributed by atoms with Crippen LogP contribution in [0.25, 0.3) is 0 Å². The van der Waals surface area contributed by atoms with Crippen LogP contribution >= 0.6 is 0 Å². The molecule has 2 rings (SSSR count). The Balaban J connectivity index is 1.65. The van der Waals surface area contributed by atoms with Crippen LogP contribution in [0.1, 0.15) is 31.2 Å². The molecule has 5 heteroatoms. The molecule has 0 radical (unpaired) electrons. The summed E-state index contributed by atoms with van der Waals surface area (Å²) in [5, 5.41) is 6.17. The second kappa shape index (κ2) is 7.09. The van der Waals surface area contributed by atoms with Crippen molar-refractivity contribution in [1.29, 1.82) is 0 Å². The van der Waals surface area contributed by atoms with Gasteiger partial charge in [0.1, 0.15) is 0 Å². The number of pyridine rings is 1. The number of ether oxygens (including phenoxy) is 1. The minimum atomic E-state index is 0.0772. The first kappa shape index (κ1) is 13.8. The van der Waals surface area contributed by atoms with E-state index >= 15 is 0 Å². The Labute approximate surface area is 113 Å². The van der Waals surface area contributed by atoms with Gasteiger partial charge in [0, 0.05) is 24.8 Å². The zero-order chi connectivity index (χ0) is 13.5. The van der Waals surface area contributed by atoms with Crippen molar-refractivity contribution < 1.29 is 9.53 Å². The second-order valence-corrected chi connectivity index (χ2v) is 4.86. The van der Waals surface area contributed by atoms with Crippen LogP contribution in [0.2, 0.25) is 0 Å². The smallest absolute Gasteiger partial charge is 0.234 e. The number of amides is 1. The number of hydrogen-bond donors (Lipinski definition) is 2. The van der Waals surface area contributed by atoms with Crippen molar-refractivity contribution in [3.63, 3.8) is 0 Å². The van der Waals surface area contributed by atoms with Crippen LogP contribution < -0.4 is 15.4 Å². The maximum Gasteiger partial charge on any atom is 0.234 e. The van der Waals surface area contributed by atoms with E-state index in [4.69, 9.17) is 4.74 Å². The molecule has 0 saturated heterocycles. The van der Waals surface area contributed by atoms with Gasteiger partial charge >= 0.3 is 0 Å². The predicted octanol–water partition coefficient (Wildman–Crippen LogP) is 1.24. The van der Waals surface area contributed by atoms with Crippen LogP contribution in [0.15, 0.2) is 18.3 Å². The highest BCUT2D eigenvalue weighted by Crippen LogP contribution is 2.17. The molecule has 19 heavy (non-hydrogen) atoms. The molecule has 1 heterocycles. The summed E-state index contributed by atoms with van der Waals surface area (Å²) in [7, 11) is 1.59. The molecule has 0 atom stereocenters. The maximum absolute atomic E-state index is 11.7. The van der Waals surface area contributed by atoms with Crippen LogP contribution in [0.3, 0.4) is 0 Å². The van der Waals surface area contributed by atoms with Crippen LogP contribution in [-0.4, -0.2) is 30.6 Å². The molecule has 1 amide bonds. The van der Waals surface area contributed by atoms with Gasteiger partial charge in [0.15, 0.2) is 0 Å². The lowest BCUT2D eigenvalue weighted by molar-refractivity contribution is -0.120. The standard InChI is InChI=1S/C14H21N3O2/c1-19-14-7-6-11(9-16-14)8-15-10-13(18)17-12-4-2-3-5-12/h6-7,9,12,15H,2-5,8,10H2,1H3,(H,17,18). The Morgan fingerprint density at radius 3 is 2.84 bits per heavy atom. The number of carbonyl (C=O) groups excluding carboxylic acids is 1. The van der Waals surface area contributed by atoms with Gasteiger partial charge in [0.25, 0.3) is 0 Å². The monoisotopic (exact) mass is 263 g/mol. The summed E-state index contributed by atoms with van der Waals surface area (Å²) >= 11 is 0. The summed E-state index contributed by atoms with van der Waals surface area (Å²) in [4.78, 5) is 15.8. The van der Waals surface area contributed by atoms with Crippen molar-refractivity contribution >= 4 is 5.91 Å². The average molecular weight is 263 g/mol. The summed E-state index contributed by atoms with van der Waals surface area (Å²) in [6.07, 6.45) is 6.45. The Morgan fingerprint density at radius 1 is 1.42 bits per heavy atom. The lowest BCUT2D eigenvalue weighted by Gasteiger charge is -2.12. The molecular formula is C14H21N3O2. The Bertz CT molecular complexity index is 400. The fourth-order valence-electron chi connectivity index (χ4n) is 2.31. The van der Waals surface area contributed by atoms with E-state index in [0.29, 0.717) is 25.0 Å². The van der Waals surface area contributed by atoms with Gasteiger partial charge in [-0.2, -0.15) is 0 Å². The van der Waals surface area contributed by atoms with Crippen LogP contribution in [0.5, 0.6) is 5.88 Å². The first-order valence-electron chi connectivity index (χ1n) is 6.77. The number of carbonyl (C=O) groups is 1. The minimum Gasteiger partial charge on any atom is -0.481 e. The number of hydrogen-bond acceptors (Lipinski definition) is 4. The summed E-state index contributed by atoms with van der Waals surface area (Å²) in [5.41, 5.74) is 1.04. The normalized spacial score (nSPS) is 15.4. The van der Waals surface area contributed by atoms with Crippen LogP contribution in [0, 0.1) is 0 Å². The molecule has 1 aromatic rings. The van der Waals surface area contributed by atoms with Gasteiger partial charge in [-0.3, -0.25) is 4.79 Å². The molecular weight excluding hydrogens is 242 g/mol. The molecule has 0 unspecified atom stereocenters. The zero-order valence-corrected chi connectivity index (χ0v) is 11.3. The summed E-state index contributed by atoms with van der Waals surface area (Å²) < 4.78 is 4.99. The highest BCUT2D eigenvalue weighted by molar-refractivity contribution is 5.78. The fourth-order valence-corrected chi connectivity index (χ4v) is 2.31. The van der Waals surface area contributed by atoms with Gasteiger partial charge in [-0.25, -0.2) is 4.98 Å². The molecule has 104 valence electrons. The molecule has 0 spiro atoms. The summed E-state index contributed by atoms with van der Waals surface area (Å²) in [6.45, 7) is 0.984. The number of methoxy groups -OCH3 is 1. The third-order valence-electron chi connectivity index (χ3n) is 3.34. The maximum atomic E-state index is 11.7. The van der Waals surface area contributed by atoms with Gasteiger partial charge in [-0.15, -0.1) is 0 Å². The van der Waals surface area contributed by atoms with Gasteiger partial charge in [0.2, 0.25) is 11.8 Å². The number of rotatable bonds is 6. The first-order chi connectivity index (χ1) is 9.28. The van der Waals surface area contributed by atoms with Crippen molar-refractivity contribution in [2.24, 2.45) is 0 Å². The topological polar surface area (TPSA) is 63.2 Å². The molecule has 1 aliphatic carbocycles. The third kappa shape index (κ3) is 4.52. The van der Waals surface area contributed by atoms with Crippen molar-refractivity contribution in [3.8, 4) is 5.88 Å². The Morgan fingerprint density at radius 2 is 2.21 bits per heavy atom. The molecule has 5 nitrogen and oxygen atoms in total. The van der Waals surface area contributed by atoms with E-state index in [1.54, 1.807) is 13.3 Å². The van der Waals surface area contributed by atoms with Crippen LogP contribution in [-0.2, 0) is 11.3 Å². The highest BCUT2D eigenvalue weighted by atomic mass is 16.5. The lowest BCUT2D eigenvalue weighted by atomic mass is 10.2.